The highest BCUT2D eigenvalue weighted by Gasteiger charge is 2.04. The molecular formula is C12H13N3. The van der Waals surface area contributed by atoms with Crippen molar-refractivity contribution in [3.05, 3.63) is 29.3 Å². The molecule has 0 saturated heterocycles. The van der Waals surface area contributed by atoms with Gasteiger partial charge >= 0.3 is 0 Å². The van der Waals surface area contributed by atoms with Gasteiger partial charge in [0, 0.05) is 11.7 Å². The van der Waals surface area contributed by atoms with E-state index in [0.717, 1.165) is 11.3 Å². The molecule has 1 aromatic carbocycles. The van der Waals surface area contributed by atoms with E-state index in [1.165, 1.54) is 0 Å². The minimum Gasteiger partial charge on any atom is -0.381 e. The van der Waals surface area contributed by atoms with E-state index in [1.54, 1.807) is 6.07 Å². The number of hydrogen-bond acceptors (Lipinski definition) is 3. The van der Waals surface area contributed by atoms with Gasteiger partial charge in [0.2, 0.25) is 0 Å². The number of nitrogens with one attached hydrogen (secondary N) is 1. The van der Waals surface area contributed by atoms with Crippen LogP contribution in [0.2, 0.25) is 0 Å². The van der Waals surface area contributed by atoms with Crippen molar-refractivity contribution in [3.8, 4) is 12.1 Å². The Bertz CT molecular complexity index is 423. The summed E-state index contributed by atoms with van der Waals surface area (Å²) in [5, 5.41) is 20.5. The van der Waals surface area contributed by atoms with Crippen molar-refractivity contribution in [1.82, 2.24) is 0 Å². The zero-order chi connectivity index (χ0) is 11.3. The second kappa shape index (κ2) is 5.02. The number of aryl methyl sites for hydroxylation is 1. The normalized spacial score (nSPS) is 11.2. The van der Waals surface area contributed by atoms with Gasteiger partial charge in [-0.25, -0.2) is 0 Å². The maximum Gasteiger partial charge on any atom is 0.0992 e. The van der Waals surface area contributed by atoms with E-state index in [4.69, 9.17) is 10.5 Å². The first-order chi connectivity index (χ1) is 7.17. The molecule has 0 aromatic heterocycles. The smallest absolute Gasteiger partial charge is 0.0992 e. The van der Waals surface area contributed by atoms with Gasteiger partial charge in [0.05, 0.1) is 24.1 Å². The Labute approximate surface area is 90.0 Å². The van der Waals surface area contributed by atoms with E-state index in [2.05, 4.69) is 17.5 Å². The van der Waals surface area contributed by atoms with Crippen LogP contribution < -0.4 is 5.32 Å². The van der Waals surface area contributed by atoms with Crippen LogP contribution in [0.5, 0.6) is 0 Å². The zero-order valence-electron chi connectivity index (χ0n) is 8.91. The number of hydrogen-bond donors (Lipinski definition) is 1. The molecule has 0 aliphatic rings. The molecule has 0 radical (unpaired) electrons. The highest BCUT2D eigenvalue weighted by molar-refractivity contribution is 5.55. The number of rotatable bonds is 3. The van der Waals surface area contributed by atoms with Crippen LogP contribution in [0.1, 0.15) is 24.5 Å². The summed E-state index contributed by atoms with van der Waals surface area (Å²) in [5.41, 5.74) is 2.64. The third-order valence-corrected chi connectivity index (χ3v) is 2.17. The molecule has 0 spiro atoms. The number of nitriles is 2. The fraction of sp³-hybridized carbons (Fsp3) is 0.333. The molecule has 1 N–H and O–H groups in total. The molecule has 0 aliphatic heterocycles. The van der Waals surface area contributed by atoms with E-state index in [9.17, 15) is 0 Å². The molecule has 0 bridgehead atoms. The van der Waals surface area contributed by atoms with Crippen molar-refractivity contribution >= 4 is 5.69 Å². The fourth-order valence-corrected chi connectivity index (χ4v) is 1.30. The predicted molar refractivity (Wildman–Crippen MR) is 59.2 cm³/mol. The first kappa shape index (κ1) is 11.1. The van der Waals surface area contributed by atoms with Crippen molar-refractivity contribution < 1.29 is 0 Å². The van der Waals surface area contributed by atoms with Crippen molar-refractivity contribution in [1.29, 1.82) is 10.5 Å². The molecule has 1 unspecified atom stereocenters. The standard InChI is InChI=1S/C12H13N3/c1-9-3-4-11(8-14)7-12(9)15-10(2)5-6-13/h3-4,7,10,15H,5H2,1-2H3. The van der Waals surface area contributed by atoms with E-state index < -0.39 is 0 Å². The second-order valence-corrected chi connectivity index (χ2v) is 3.55. The Morgan fingerprint density at radius 3 is 2.73 bits per heavy atom. The second-order valence-electron chi connectivity index (χ2n) is 3.55. The molecule has 0 heterocycles. The summed E-state index contributed by atoms with van der Waals surface area (Å²) < 4.78 is 0. The lowest BCUT2D eigenvalue weighted by atomic mass is 10.1. The highest BCUT2D eigenvalue weighted by Crippen LogP contribution is 2.17. The molecular weight excluding hydrogens is 186 g/mol. The molecule has 76 valence electrons. The minimum atomic E-state index is 0.0997. The van der Waals surface area contributed by atoms with Gasteiger partial charge in [-0.3, -0.25) is 0 Å². The summed E-state index contributed by atoms with van der Waals surface area (Å²) in [6.07, 6.45) is 0.455. The van der Waals surface area contributed by atoms with Gasteiger partial charge in [-0.15, -0.1) is 0 Å². The van der Waals surface area contributed by atoms with E-state index in [-0.39, 0.29) is 6.04 Å². The zero-order valence-corrected chi connectivity index (χ0v) is 8.91. The van der Waals surface area contributed by atoms with Gasteiger partial charge < -0.3 is 5.32 Å². The van der Waals surface area contributed by atoms with Crippen molar-refractivity contribution in [2.24, 2.45) is 0 Å². The quantitative estimate of drug-likeness (QED) is 0.813. The average molecular weight is 199 g/mol. The van der Waals surface area contributed by atoms with Crippen LogP contribution in [0.25, 0.3) is 0 Å². The van der Waals surface area contributed by atoms with Crippen molar-refractivity contribution in [2.45, 2.75) is 26.3 Å². The topological polar surface area (TPSA) is 59.6 Å². The summed E-state index contributed by atoms with van der Waals surface area (Å²) in [6.45, 7) is 3.92. The van der Waals surface area contributed by atoms with Crippen LogP contribution in [0, 0.1) is 29.6 Å². The van der Waals surface area contributed by atoms with Crippen LogP contribution in [0.4, 0.5) is 5.69 Å². The first-order valence-corrected chi connectivity index (χ1v) is 4.81. The Kier molecular flexibility index (Phi) is 3.71. The van der Waals surface area contributed by atoms with E-state index in [0.29, 0.717) is 12.0 Å². The molecule has 0 amide bonds. The number of anilines is 1. The van der Waals surface area contributed by atoms with Gasteiger partial charge in [-0.2, -0.15) is 10.5 Å². The van der Waals surface area contributed by atoms with E-state index >= 15 is 0 Å². The van der Waals surface area contributed by atoms with Gasteiger partial charge in [0.1, 0.15) is 0 Å². The fourth-order valence-electron chi connectivity index (χ4n) is 1.30. The molecule has 1 aromatic rings. The third-order valence-electron chi connectivity index (χ3n) is 2.17. The minimum absolute atomic E-state index is 0.0997. The molecule has 0 fully saturated rings. The lowest BCUT2D eigenvalue weighted by Crippen LogP contribution is -2.14. The van der Waals surface area contributed by atoms with Crippen LogP contribution in [-0.4, -0.2) is 6.04 Å². The monoisotopic (exact) mass is 199 g/mol. The number of nitrogens with zero attached hydrogens (tertiary/aromatic N) is 2. The summed E-state index contributed by atoms with van der Waals surface area (Å²) in [6, 6.07) is 9.80. The molecule has 3 nitrogen and oxygen atoms in total. The largest absolute Gasteiger partial charge is 0.381 e. The summed E-state index contributed by atoms with van der Waals surface area (Å²) >= 11 is 0. The van der Waals surface area contributed by atoms with Crippen LogP contribution in [-0.2, 0) is 0 Å². The van der Waals surface area contributed by atoms with Crippen LogP contribution in [0.3, 0.4) is 0 Å². The molecule has 0 aliphatic carbocycles. The van der Waals surface area contributed by atoms with Crippen LogP contribution in [0.15, 0.2) is 18.2 Å². The summed E-state index contributed by atoms with van der Waals surface area (Å²) in [5.74, 6) is 0. The molecule has 1 atom stereocenters. The molecule has 0 saturated carbocycles. The highest BCUT2D eigenvalue weighted by atomic mass is 14.9. The Hall–Kier alpha value is -2.00. The lowest BCUT2D eigenvalue weighted by molar-refractivity contribution is 0.819. The maximum absolute atomic E-state index is 8.76. The van der Waals surface area contributed by atoms with Crippen LogP contribution >= 0.6 is 0 Å². The Morgan fingerprint density at radius 1 is 1.40 bits per heavy atom. The maximum atomic E-state index is 8.76. The van der Waals surface area contributed by atoms with E-state index in [1.807, 2.05) is 26.0 Å². The van der Waals surface area contributed by atoms with Gasteiger partial charge in [-0.1, -0.05) is 6.07 Å². The van der Waals surface area contributed by atoms with Crippen molar-refractivity contribution in [2.75, 3.05) is 5.32 Å². The Balaban J connectivity index is 2.85. The van der Waals surface area contributed by atoms with Crippen molar-refractivity contribution in [3.63, 3.8) is 0 Å². The van der Waals surface area contributed by atoms with Gasteiger partial charge in [-0.05, 0) is 31.5 Å². The molecule has 3 heteroatoms. The molecule has 15 heavy (non-hydrogen) atoms. The third kappa shape index (κ3) is 3.00. The van der Waals surface area contributed by atoms with Gasteiger partial charge in [0.25, 0.3) is 0 Å². The average Bonchev–Trinajstić information content (AvgIpc) is 2.21. The SMILES string of the molecule is Cc1ccc(C#N)cc1NC(C)CC#N. The van der Waals surface area contributed by atoms with Gasteiger partial charge in [0.15, 0.2) is 0 Å². The number of benzene rings is 1. The summed E-state index contributed by atoms with van der Waals surface area (Å²) in [4.78, 5) is 0. The first-order valence-electron chi connectivity index (χ1n) is 4.81. The molecule has 1 rings (SSSR count). The summed E-state index contributed by atoms with van der Waals surface area (Å²) in [7, 11) is 0. The Morgan fingerprint density at radius 2 is 2.13 bits per heavy atom. The lowest BCUT2D eigenvalue weighted by Gasteiger charge is -2.14. The predicted octanol–water partition coefficient (Wildman–Crippen LogP) is 2.58.